The number of amides is 3. The Morgan fingerprint density at radius 2 is 1.85 bits per heavy atom. The Bertz CT molecular complexity index is 332. The van der Waals surface area contributed by atoms with Crippen LogP contribution in [0.25, 0.3) is 0 Å². The normalized spacial score (nSPS) is 10.5. The van der Waals surface area contributed by atoms with Crippen molar-refractivity contribution >= 4 is 17.9 Å². The van der Waals surface area contributed by atoms with Gasteiger partial charge in [0.2, 0.25) is 5.91 Å². The van der Waals surface area contributed by atoms with Crippen LogP contribution in [0.1, 0.15) is 33.6 Å². The lowest BCUT2D eigenvalue weighted by Crippen LogP contribution is -2.47. The molecule has 116 valence electrons. The maximum Gasteiger partial charge on any atom is 0.321 e. The predicted molar refractivity (Wildman–Crippen MR) is 75.2 cm³/mol. The molecule has 3 amide bonds. The molecule has 0 atom stereocenters. The van der Waals surface area contributed by atoms with Crippen LogP contribution in [-0.2, 0) is 14.3 Å². The van der Waals surface area contributed by atoms with Crippen molar-refractivity contribution in [3.63, 3.8) is 0 Å². The predicted octanol–water partition coefficient (Wildman–Crippen LogP) is 0.496. The van der Waals surface area contributed by atoms with Gasteiger partial charge in [0.05, 0.1) is 20.2 Å². The van der Waals surface area contributed by atoms with Gasteiger partial charge < -0.3 is 10.1 Å². The second-order valence-electron chi connectivity index (χ2n) is 4.73. The number of ether oxygens (including phenoxy) is 1. The highest BCUT2D eigenvalue weighted by atomic mass is 16.5. The molecule has 0 aliphatic heterocycles. The summed E-state index contributed by atoms with van der Waals surface area (Å²) in [5, 5.41) is 4.82. The molecule has 0 unspecified atom stereocenters. The Balaban J connectivity index is 4.19. The van der Waals surface area contributed by atoms with Gasteiger partial charge in [-0.2, -0.15) is 0 Å². The number of carbonyl (C=O) groups is 3. The summed E-state index contributed by atoms with van der Waals surface area (Å²) in [6, 6.07) is -0.520. The van der Waals surface area contributed by atoms with E-state index < -0.39 is 17.9 Å². The molecule has 0 spiro atoms. The number of methoxy groups -OCH3 is 1. The van der Waals surface area contributed by atoms with Crippen LogP contribution in [0.5, 0.6) is 0 Å². The average Bonchev–Trinajstić information content (AvgIpc) is 2.37. The van der Waals surface area contributed by atoms with E-state index in [9.17, 15) is 14.4 Å². The molecule has 0 aromatic rings. The number of esters is 1. The highest BCUT2D eigenvalue weighted by Crippen LogP contribution is 1.98. The lowest BCUT2D eigenvalue weighted by Gasteiger charge is -2.24. The summed E-state index contributed by atoms with van der Waals surface area (Å²) in [4.78, 5) is 36.0. The molecule has 0 saturated heterocycles. The molecule has 0 bridgehead atoms. The quantitative estimate of drug-likeness (QED) is 0.501. The van der Waals surface area contributed by atoms with E-state index in [1.165, 1.54) is 7.11 Å². The number of hydrogen-bond acceptors (Lipinski definition) is 5. The van der Waals surface area contributed by atoms with E-state index in [2.05, 4.69) is 15.4 Å². The van der Waals surface area contributed by atoms with Gasteiger partial charge >= 0.3 is 12.0 Å². The van der Waals surface area contributed by atoms with Crippen LogP contribution in [-0.4, -0.2) is 55.6 Å². The molecular weight excluding hydrogens is 262 g/mol. The van der Waals surface area contributed by atoms with Crippen LogP contribution in [0.2, 0.25) is 0 Å². The van der Waals surface area contributed by atoms with Crippen molar-refractivity contribution in [1.82, 2.24) is 15.5 Å². The largest absolute Gasteiger partial charge is 0.468 e. The third-order valence-corrected chi connectivity index (χ3v) is 2.71. The molecule has 0 aromatic heterocycles. The number of carbonyl (C=O) groups excluding carboxylic acids is 3. The summed E-state index contributed by atoms with van der Waals surface area (Å²) in [5.74, 6) is -0.865. The van der Waals surface area contributed by atoms with Gasteiger partial charge in [-0.3, -0.25) is 19.8 Å². The SMILES string of the molecule is CCCCNC(=O)NC(=O)CN(CC(=O)OC)C(C)C. The monoisotopic (exact) mass is 287 g/mol. The van der Waals surface area contributed by atoms with Gasteiger partial charge in [-0.15, -0.1) is 0 Å². The number of urea groups is 1. The van der Waals surface area contributed by atoms with Crippen LogP contribution in [0.3, 0.4) is 0 Å². The van der Waals surface area contributed by atoms with E-state index in [4.69, 9.17) is 0 Å². The number of nitrogens with one attached hydrogen (secondary N) is 2. The first kappa shape index (κ1) is 18.4. The number of nitrogens with zero attached hydrogens (tertiary/aromatic N) is 1. The Morgan fingerprint density at radius 1 is 1.20 bits per heavy atom. The van der Waals surface area contributed by atoms with Crippen LogP contribution < -0.4 is 10.6 Å². The molecule has 20 heavy (non-hydrogen) atoms. The fraction of sp³-hybridized carbons (Fsp3) is 0.769. The Morgan fingerprint density at radius 3 is 2.35 bits per heavy atom. The molecule has 0 aliphatic carbocycles. The first-order valence-corrected chi connectivity index (χ1v) is 6.79. The number of unbranched alkanes of at least 4 members (excludes halogenated alkanes) is 1. The highest BCUT2D eigenvalue weighted by molar-refractivity contribution is 5.95. The topological polar surface area (TPSA) is 87.7 Å². The minimum atomic E-state index is -0.509. The number of hydrogen-bond donors (Lipinski definition) is 2. The zero-order valence-electron chi connectivity index (χ0n) is 12.7. The zero-order valence-corrected chi connectivity index (χ0v) is 12.7. The second kappa shape index (κ2) is 10.2. The summed E-state index contributed by atoms with van der Waals surface area (Å²) in [6.07, 6.45) is 1.83. The Kier molecular flexibility index (Phi) is 9.36. The molecule has 0 fully saturated rings. The van der Waals surface area contributed by atoms with Crippen molar-refractivity contribution in [3.8, 4) is 0 Å². The van der Waals surface area contributed by atoms with Gasteiger partial charge in [-0.05, 0) is 20.3 Å². The summed E-state index contributed by atoms with van der Waals surface area (Å²) in [7, 11) is 1.29. The van der Waals surface area contributed by atoms with Crippen molar-refractivity contribution in [2.24, 2.45) is 0 Å². The summed E-state index contributed by atoms with van der Waals surface area (Å²) >= 11 is 0. The fourth-order valence-corrected chi connectivity index (χ4v) is 1.42. The van der Waals surface area contributed by atoms with Crippen molar-refractivity contribution in [3.05, 3.63) is 0 Å². The highest BCUT2D eigenvalue weighted by Gasteiger charge is 2.18. The van der Waals surface area contributed by atoms with E-state index >= 15 is 0 Å². The van der Waals surface area contributed by atoms with E-state index in [1.54, 1.807) is 4.90 Å². The standard InChI is InChI=1S/C13H25N3O4/c1-5-6-7-14-13(19)15-11(17)8-16(10(2)3)9-12(18)20-4/h10H,5-9H2,1-4H3,(H2,14,15,17,19). The van der Waals surface area contributed by atoms with Crippen molar-refractivity contribution in [2.45, 2.75) is 39.7 Å². The van der Waals surface area contributed by atoms with Gasteiger partial charge in [-0.1, -0.05) is 13.3 Å². The minimum absolute atomic E-state index is 0.0111. The molecule has 2 N–H and O–H groups in total. The van der Waals surface area contributed by atoms with Crippen molar-refractivity contribution < 1.29 is 19.1 Å². The Hall–Kier alpha value is -1.63. The Labute approximate surface area is 120 Å². The van der Waals surface area contributed by atoms with Gasteiger partial charge in [0.15, 0.2) is 0 Å². The number of rotatable bonds is 8. The smallest absolute Gasteiger partial charge is 0.321 e. The van der Waals surface area contributed by atoms with Crippen LogP contribution in [0.4, 0.5) is 4.79 Å². The molecule has 0 saturated carbocycles. The third kappa shape index (κ3) is 8.47. The van der Waals surface area contributed by atoms with E-state index in [0.29, 0.717) is 6.54 Å². The maximum absolute atomic E-state index is 11.7. The zero-order chi connectivity index (χ0) is 15.5. The lowest BCUT2D eigenvalue weighted by molar-refractivity contribution is -0.142. The van der Waals surface area contributed by atoms with Gasteiger partial charge in [-0.25, -0.2) is 4.79 Å². The second-order valence-corrected chi connectivity index (χ2v) is 4.73. The van der Waals surface area contributed by atoms with Gasteiger partial charge in [0.1, 0.15) is 0 Å². The lowest BCUT2D eigenvalue weighted by atomic mass is 10.3. The van der Waals surface area contributed by atoms with Gasteiger partial charge in [0.25, 0.3) is 0 Å². The third-order valence-electron chi connectivity index (χ3n) is 2.71. The maximum atomic E-state index is 11.7. The van der Waals surface area contributed by atoms with Crippen LogP contribution in [0, 0.1) is 0 Å². The van der Waals surface area contributed by atoms with E-state index in [1.807, 2.05) is 20.8 Å². The molecular formula is C13H25N3O4. The average molecular weight is 287 g/mol. The molecule has 0 radical (unpaired) electrons. The molecule has 0 heterocycles. The van der Waals surface area contributed by atoms with E-state index in [0.717, 1.165) is 12.8 Å². The summed E-state index contributed by atoms with van der Waals surface area (Å²) in [6.45, 7) is 6.24. The summed E-state index contributed by atoms with van der Waals surface area (Å²) in [5.41, 5.74) is 0. The molecule has 7 heteroatoms. The number of imide groups is 1. The first-order chi connectivity index (χ1) is 9.40. The van der Waals surface area contributed by atoms with Crippen molar-refractivity contribution in [2.75, 3.05) is 26.7 Å². The van der Waals surface area contributed by atoms with Crippen molar-refractivity contribution in [1.29, 1.82) is 0 Å². The minimum Gasteiger partial charge on any atom is -0.468 e. The van der Waals surface area contributed by atoms with E-state index in [-0.39, 0.29) is 19.1 Å². The van der Waals surface area contributed by atoms with Gasteiger partial charge in [0, 0.05) is 12.6 Å². The van der Waals surface area contributed by atoms with Crippen LogP contribution >= 0.6 is 0 Å². The molecule has 0 aliphatic rings. The van der Waals surface area contributed by atoms with Crippen LogP contribution in [0.15, 0.2) is 0 Å². The fourth-order valence-electron chi connectivity index (χ4n) is 1.42. The molecule has 0 aromatic carbocycles. The molecule has 7 nitrogen and oxygen atoms in total. The molecule has 0 rings (SSSR count). The first-order valence-electron chi connectivity index (χ1n) is 6.79. The summed E-state index contributed by atoms with van der Waals surface area (Å²) < 4.78 is 4.57.